The van der Waals surface area contributed by atoms with Crippen molar-refractivity contribution >= 4 is 5.97 Å². The molecule has 1 saturated carbocycles. The van der Waals surface area contributed by atoms with E-state index in [-0.39, 0.29) is 11.9 Å². The first-order valence-corrected chi connectivity index (χ1v) is 5.87. The van der Waals surface area contributed by atoms with Gasteiger partial charge < -0.3 is 4.74 Å². The fraction of sp³-hybridized carbons (Fsp3) is 0.500. The first-order valence-electron chi connectivity index (χ1n) is 5.87. The summed E-state index contributed by atoms with van der Waals surface area (Å²) >= 11 is 0. The Morgan fingerprint density at radius 1 is 1.44 bits per heavy atom. The second-order valence-electron chi connectivity index (χ2n) is 4.56. The van der Waals surface area contributed by atoms with Gasteiger partial charge in [0.05, 0.1) is 12.5 Å². The third kappa shape index (κ3) is 2.11. The Labute approximate surface area is 96.6 Å². The van der Waals surface area contributed by atoms with E-state index in [0.717, 1.165) is 6.42 Å². The fourth-order valence-corrected chi connectivity index (χ4v) is 2.21. The van der Waals surface area contributed by atoms with Crippen molar-refractivity contribution in [3.05, 3.63) is 34.9 Å². The van der Waals surface area contributed by atoms with Gasteiger partial charge in [0, 0.05) is 0 Å². The number of aryl methyl sites for hydroxylation is 2. The topological polar surface area (TPSA) is 26.3 Å². The van der Waals surface area contributed by atoms with Gasteiger partial charge in [-0.3, -0.25) is 4.79 Å². The predicted molar refractivity (Wildman–Crippen MR) is 63.4 cm³/mol. The summed E-state index contributed by atoms with van der Waals surface area (Å²) in [5.41, 5.74) is 3.86. The molecule has 0 saturated heterocycles. The molecule has 1 aromatic rings. The monoisotopic (exact) mass is 218 g/mol. The van der Waals surface area contributed by atoms with E-state index in [9.17, 15) is 4.79 Å². The number of carbonyl (C=O) groups is 1. The van der Waals surface area contributed by atoms with Gasteiger partial charge >= 0.3 is 5.97 Å². The zero-order valence-corrected chi connectivity index (χ0v) is 10.1. The van der Waals surface area contributed by atoms with Crippen LogP contribution in [0.15, 0.2) is 18.2 Å². The number of ether oxygens (including phenoxy) is 1. The van der Waals surface area contributed by atoms with E-state index in [0.29, 0.717) is 12.5 Å². The molecular weight excluding hydrogens is 200 g/mol. The van der Waals surface area contributed by atoms with E-state index in [1.54, 1.807) is 0 Å². The van der Waals surface area contributed by atoms with E-state index in [1.807, 2.05) is 6.92 Å². The van der Waals surface area contributed by atoms with Crippen molar-refractivity contribution in [3.8, 4) is 0 Å². The van der Waals surface area contributed by atoms with Gasteiger partial charge in [0.2, 0.25) is 0 Å². The quantitative estimate of drug-likeness (QED) is 0.729. The van der Waals surface area contributed by atoms with Gasteiger partial charge in [0.1, 0.15) is 0 Å². The number of hydrogen-bond donors (Lipinski definition) is 0. The Hall–Kier alpha value is -1.31. The van der Waals surface area contributed by atoms with Crippen LogP contribution in [0.25, 0.3) is 0 Å². The van der Waals surface area contributed by atoms with E-state index >= 15 is 0 Å². The minimum atomic E-state index is -0.0339. The lowest BCUT2D eigenvalue weighted by Crippen LogP contribution is -2.07. The van der Waals surface area contributed by atoms with Crippen LogP contribution in [0.5, 0.6) is 0 Å². The Morgan fingerprint density at radius 3 is 2.88 bits per heavy atom. The molecular formula is C14H18O2. The summed E-state index contributed by atoms with van der Waals surface area (Å²) in [6.07, 6.45) is 0.948. The van der Waals surface area contributed by atoms with Crippen LogP contribution in [0, 0.1) is 19.8 Å². The lowest BCUT2D eigenvalue weighted by molar-refractivity contribution is -0.144. The average Bonchev–Trinajstić information content (AvgIpc) is 3.02. The Morgan fingerprint density at radius 2 is 2.19 bits per heavy atom. The van der Waals surface area contributed by atoms with Crippen LogP contribution in [-0.4, -0.2) is 12.6 Å². The molecule has 1 aliphatic carbocycles. The van der Waals surface area contributed by atoms with E-state index in [1.165, 1.54) is 16.7 Å². The van der Waals surface area contributed by atoms with Crippen molar-refractivity contribution < 1.29 is 9.53 Å². The van der Waals surface area contributed by atoms with E-state index in [4.69, 9.17) is 4.74 Å². The molecule has 1 fully saturated rings. The molecule has 0 spiro atoms. The van der Waals surface area contributed by atoms with Gasteiger partial charge in [0.25, 0.3) is 0 Å². The van der Waals surface area contributed by atoms with Gasteiger partial charge in [0.15, 0.2) is 0 Å². The molecule has 2 rings (SSSR count). The van der Waals surface area contributed by atoms with Crippen molar-refractivity contribution in [2.75, 3.05) is 6.61 Å². The van der Waals surface area contributed by atoms with Gasteiger partial charge in [-0.25, -0.2) is 0 Å². The second kappa shape index (κ2) is 4.28. The maximum atomic E-state index is 11.6. The second-order valence-corrected chi connectivity index (χ2v) is 4.56. The molecule has 0 radical (unpaired) electrons. The summed E-state index contributed by atoms with van der Waals surface area (Å²) in [5.74, 6) is 0.452. The van der Waals surface area contributed by atoms with Gasteiger partial charge in [-0.15, -0.1) is 0 Å². The summed E-state index contributed by atoms with van der Waals surface area (Å²) in [7, 11) is 0. The minimum absolute atomic E-state index is 0.0339. The van der Waals surface area contributed by atoms with Crippen molar-refractivity contribution in [2.45, 2.75) is 33.1 Å². The largest absolute Gasteiger partial charge is 0.466 e. The zero-order chi connectivity index (χ0) is 11.7. The molecule has 0 aliphatic heterocycles. The predicted octanol–water partition coefficient (Wildman–Crippen LogP) is 2.97. The summed E-state index contributed by atoms with van der Waals surface area (Å²) in [4.78, 5) is 11.6. The SMILES string of the molecule is CCOC(=O)C1CC1c1cc(C)ccc1C. The lowest BCUT2D eigenvalue weighted by Gasteiger charge is -2.06. The normalized spacial score (nSPS) is 22.9. The van der Waals surface area contributed by atoms with Crippen LogP contribution in [0.3, 0.4) is 0 Å². The van der Waals surface area contributed by atoms with E-state index in [2.05, 4.69) is 32.0 Å². The van der Waals surface area contributed by atoms with Crippen molar-refractivity contribution in [1.82, 2.24) is 0 Å². The Bertz CT molecular complexity index is 409. The van der Waals surface area contributed by atoms with Crippen LogP contribution in [0.4, 0.5) is 0 Å². The van der Waals surface area contributed by atoms with Gasteiger partial charge in [-0.1, -0.05) is 23.8 Å². The molecule has 1 aliphatic rings. The highest BCUT2D eigenvalue weighted by atomic mass is 16.5. The molecule has 2 unspecified atom stereocenters. The van der Waals surface area contributed by atoms with Gasteiger partial charge in [-0.2, -0.15) is 0 Å². The smallest absolute Gasteiger partial charge is 0.309 e. The van der Waals surface area contributed by atoms with Crippen LogP contribution in [-0.2, 0) is 9.53 Å². The fourth-order valence-electron chi connectivity index (χ4n) is 2.21. The highest BCUT2D eigenvalue weighted by molar-refractivity contribution is 5.77. The number of rotatable bonds is 3. The molecule has 0 bridgehead atoms. The van der Waals surface area contributed by atoms with Crippen LogP contribution in [0.1, 0.15) is 36.0 Å². The Balaban J connectivity index is 2.11. The molecule has 0 aromatic heterocycles. The summed E-state index contributed by atoms with van der Waals surface area (Å²) in [6, 6.07) is 6.44. The number of benzene rings is 1. The zero-order valence-electron chi connectivity index (χ0n) is 10.1. The first-order chi connectivity index (χ1) is 7.63. The molecule has 2 heteroatoms. The first kappa shape index (κ1) is 11.2. The third-order valence-corrected chi connectivity index (χ3v) is 3.21. The summed E-state index contributed by atoms with van der Waals surface area (Å²) in [6.45, 7) is 6.53. The molecule has 1 aromatic carbocycles. The van der Waals surface area contributed by atoms with Crippen molar-refractivity contribution in [2.24, 2.45) is 5.92 Å². The molecule has 16 heavy (non-hydrogen) atoms. The maximum Gasteiger partial charge on any atom is 0.309 e. The van der Waals surface area contributed by atoms with Crippen LogP contribution < -0.4 is 0 Å². The van der Waals surface area contributed by atoms with Gasteiger partial charge in [-0.05, 0) is 44.2 Å². The molecule has 0 heterocycles. The molecule has 2 nitrogen and oxygen atoms in total. The van der Waals surface area contributed by atoms with Crippen LogP contribution in [0.2, 0.25) is 0 Å². The van der Waals surface area contributed by atoms with E-state index < -0.39 is 0 Å². The van der Waals surface area contributed by atoms with Crippen molar-refractivity contribution in [1.29, 1.82) is 0 Å². The maximum absolute atomic E-state index is 11.6. The minimum Gasteiger partial charge on any atom is -0.466 e. The summed E-state index contributed by atoms with van der Waals surface area (Å²) < 4.78 is 5.05. The highest BCUT2D eigenvalue weighted by Crippen LogP contribution is 2.49. The van der Waals surface area contributed by atoms with Crippen LogP contribution >= 0.6 is 0 Å². The number of esters is 1. The average molecular weight is 218 g/mol. The molecule has 0 N–H and O–H groups in total. The highest BCUT2D eigenvalue weighted by Gasteiger charge is 2.45. The summed E-state index contributed by atoms with van der Waals surface area (Å²) in [5, 5.41) is 0. The van der Waals surface area contributed by atoms with Crippen molar-refractivity contribution in [3.63, 3.8) is 0 Å². The third-order valence-electron chi connectivity index (χ3n) is 3.21. The number of carbonyl (C=O) groups excluding carboxylic acids is 1. The number of hydrogen-bond acceptors (Lipinski definition) is 2. The molecule has 86 valence electrons. The molecule has 0 amide bonds. The molecule has 2 atom stereocenters. The lowest BCUT2D eigenvalue weighted by atomic mass is 10.0. The standard InChI is InChI=1S/C14H18O2/c1-4-16-14(15)13-8-12(13)11-7-9(2)5-6-10(11)3/h5-7,12-13H,4,8H2,1-3H3. The Kier molecular flexibility index (Phi) is 2.99.